The van der Waals surface area contributed by atoms with Crippen LogP contribution in [0.25, 0.3) is 0 Å². The molecule has 2 aromatic heterocycles. The SMILES string of the molecule is CCCn1nc(C(=O)Nc2ncc(Cc3cc(C(F)(F)F)cc(C(F)(F)F)c3)s2)ccc1=O. The first-order valence-electron chi connectivity index (χ1n) is 9.49. The van der Waals surface area contributed by atoms with Crippen molar-refractivity contribution >= 4 is 22.4 Å². The van der Waals surface area contributed by atoms with Crippen molar-refractivity contribution in [2.45, 2.75) is 38.7 Å². The molecule has 3 aromatic rings. The van der Waals surface area contributed by atoms with Crippen LogP contribution in [0.5, 0.6) is 0 Å². The number of rotatable bonds is 6. The summed E-state index contributed by atoms with van der Waals surface area (Å²) in [5.41, 5.74) is -3.43. The quantitative estimate of drug-likeness (QED) is 0.494. The van der Waals surface area contributed by atoms with Crippen molar-refractivity contribution in [3.63, 3.8) is 0 Å². The summed E-state index contributed by atoms with van der Waals surface area (Å²) in [6.07, 6.45) is -8.26. The number of anilines is 1. The zero-order valence-corrected chi connectivity index (χ0v) is 17.7. The van der Waals surface area contributed by atoms with Gasteiger partial charge in [0.1, 0.15) is 5.69 Å². The van der Waals surface area contributed by atoms with Crippen LogP contribution in [0, 0.1) is 0 Å². The molecule has 0 aliphatic rings. The molecule has 0 unspecified atom stereocenters. The lowest BCUT2D eigenvalue weighted by atomic mass is 10.0. The zero-order valence-electron chi connectivity index (χ0n) is 16.9. The van der Waals surface area contributed by atoms with Gasteiger partial charge in [0.25, 0.3) is 11.5 Å². The number of nitrogens with one attached hydrogen (secondary N) is 1. The van der Waals surface area contributed by atoms with Gasteiger partial charge in [0, 0.05) is 30.1 Å². The maximum absolute atomic E-state index is 13.0. The third-order valence-electron chi connectivity index (χ3n) is 4.33. The fourth-order valence-electron chi connectivity index (χ4n) is 2.87. The minimum absolute atomic E-state index is 0.0486. The lowest BCUT2D eigenvalue weighted by molar-refractivity contribution is -0.143. The number of thiazole rings is 1. The van der Waals surface area contributed by atoms with E-state index in [9.17, 15) is 35.9 Å². The Labute approximate surface area is 186 Å². The molecule has 2 heterocycles. The first kappa shape index (κ1) is 24.4. The summed E-state index contributed by atoms with van der Waals surface area (Å²) >= 11 is 0.893. The first-order valence-corrected chi connectivity index (χ1v) is 10.3. The second kappa shape index (κ2) is 9.33. The van der Waals surface area contributed by atoms with Gasteiger partial charge in [-0.1, -0.05) is 6.92 Å². The van der Waals surface area contributed by atoms with Crippen molar-refractivity contribution in [1.29, 1.82) is 0 Å². The molecule has 0 aliphatic carbocycles. The van der Waals surface area contributed by atoms with Gasteiger partial charge in [-0.3, -0.25) is 14.9 Å². The van der Waals surface area contributed by atoms with Crippen molar-refractivity contribution in [3.05, 3.63) is 74.1 Å². The van der Waals surface area contributed by atoms with Gasteiger partial charge in [-0.15, -0.1) is 11.3 Å². The Balaban J connectivity index is 1.79. The number of carbonyl (C=O) groups is 1. The molecule has 0 bridgehead atoms. The monoisotopic (exact) mass is 490 g/mol. The molecule has 0 saturated carbocycles. The van der Waals surface area contributed by atoms with Crippen LogP contribution < -0.4 is 10.9 Å². The summed E-state index contributed by atoms with van der Waals surface area (Å²) in [5.74, 6) is -0.667. The molecule has 33 heavy (non-hydrogen) atoms. The van der Waals surface area contributed by atoms with E-state index < -0.39 is 29.4 Å². The van der Waals surface area contributed by atoms with E-state index in [4.69, 9.17) is 0 Å². The highest BCUT2D eigenvalue weighted by atomic mass is 32.1. The highest BCUT2D eigenvalue weighted by Gasteiger charge is 2.36. The maximum Gasteiger partial charge on any atom is 0.416 e. The smallest absolute Gasteiger partial charge is 0.296 e. The first-order chi connectivity index (χ1) is 15.4. The van der Waals surface area contributed by atoms with Crippen molar-refractivity contribution in [2.24, 2.45) is 0 Å². The molecule has 1 aromatic carbocycles. The molecule has 176 valence electrons. The van der Waals surface area contributed by atoms with Gasteiger partial charge in [-0.2, -0.15) is 31.4 Å². The highest BCUT2D eigenvalue weighted by Crippen LogP contribution is 2.37. The topological polar surface area (TPSA) is 76.9 Å². The van der Waals surface area contributed by atoms with Gasteiger partial charge < -0.3 is 0 Å². The number of alkyl halides is 6. The van der Waals surface area contributed by atoms with Gasteiger partial charge in [0.2, 0.25) is 0 Å². The number of aryl methyl sites for hydroxylation is 1. The Bertz CT molecular complexity index is 1180. The summed E-state index contributed by atoms with van der Waals surface area (Å²) in [7, 11) is 0. The molecule has 6 nitrogen and oxygen atoms in total. The minimum Gasteiger partial charge on any atom is -0.296 e. The molecule has 0 aliphatic heterocycles. The molecule has 0 radical (unpaired) electrons. The highest BCUT2D eigenvalue weighted by molar-refractivity contribution is 7.15. The largest absolute Gasteiger partial charge is 0.416 e. The summed E-state index contributed by atoms with van der Waals surface area (Å²) < 4.78 is 79.3. The van der Waals surface area contributed by atoms with E-state index in [1.54, 1.807) is 0 Å². The van der Waals surface area contributed by atoms with E-state index in [1.165, 1.54) is 18.3 Å². The molecule has 1 amide bonds. The van der Waals surface area contributed by atoms with E-state index >= 15 is 0 Å². The van der Waals surface area contributed by atoms with E-state index in [1.807, 2.05) is 6.92 Å². The average Bonchev–Trinajstić information content (AvgIpc) is 3.14. The van der Waals surface area contributed by atoms with Crippen LogP contribution in [-0.4, -0.2) is 20.7 Å². The molecule has 0 fully saturated rings. The lowest BCUT2D eigenvalue weighted by Gasteiger charge is -2.13. The van der Waals surface area contributed by atoms with Crippen molar-refractivity contribution in [3.8, 4) is 0 Å². The predicted octanol–water partition coefficient (Wildman–Crippen LogP) is 4.99. The number of hydrogen-bond acceptors (Lipinski definition) is 5. The fraction of sp³-hybridized carbons (Fsp3) is 0.300. The van der Waals surface area contributed by atoms with Crippen molar-refractivity contribution in [1.82, 2.24) is 14.8 Å². The number of amides is 1. The second-order valence-electron chi connectivity index (χ2n) is 6.96. The Morgan fingerprint density at radius 2 is 1.70 bits per heavy atom. The Morgan fingerprint density at radius 1 is 1.06 bits per heavy atom. The van der Waals surface area contributed by atoms with Gasteiger partial charge in [-0.25, -0.2) is 9.67 Å². The van der Waals surface area contributed by atoms with E-state index in [2.05, 4.69) is 15.4 Å². The molecular weight excluding hydrogens is 474 g/mol. The molecule has 3 rings (SSSR count). The molecular formula is C20H16F6N4O2S. The summed E-state index contributed by atoms with van der Waals surface area (Å²) in [6.45, 7) is 2.15. The third-order valence-corrected chi connectivity index (χ3v) is 5.25. The predicted molar refractivity (Wildman–Crippen MR) is 108 cm³/mol. The standard InChI is InChI=1S/C20H16F6N4O2S/c1-2-5-30-16(31)4-3-15(29-30)17(32)28-18-27-10-14(33-18)8-11-6-12(19(21,22)23)9-13(7-11)20(24,25)26/h3-4,6-7,9-10H,2,5,8H2,1H3,(H,27,28,32). The van der Waals surface area contributed by atoms with Crippen LogP contribution in [0.4, 0.5) is 31.5 Å². The van der Waals surface area contributed by atoms with Crippen LogP contribution in [-0.2, 0) is 25.3 Å². The Hall–Kier alpha value is -3.22. The average molecular weight is 490 g/mol. The van der Waals surface area contributed by atoms with Gasteiger partial charge in [-0.05, 0) is 36.2 Å². The lowest BCUT2D eigenvalue weighted by Crippen LogP contribution is -2.26. The van der Waals surface area contributed by atoms with Crippen molar-refractivity contribution in [2.75, 3.05) is 5.32 Å². The van der Waals surface area contributed by atoms with Crippen LogP contribution in [0.15, 0.2) is 41.3 Å². The summed E-state index contributed by atoms with van der Waals surface area (Å²) in [6, 6.07) is 3.78. The summed E-state index contributed by atoms with van der Waals surface area (Å²) in [5, 5.41) is 6.49. The van der Waals surface area contributed by atoms with E-state index in [-0.39, 0.29) is 34.4 Å². The normalized spacial score (nSPS) is 12.1. The number of benzene rings is 1. The third kappa shape index (κ3) is 6.18. The molecule has 1 N–H and O–H groups in total. The van der Waals surface area contributed by atoms with Gasteiger partial charge >= 0.3 is 12.4 Å². The van der Waals surface area contributed by atoms with Gasteiger partial charge in [0.15, 0.2) is 5.13 Å². The molecule has 0 atom stereocenters. The summed E-state index contributed by atoms with van der Waals surface area (Å²) in [4.78, 5) is 28.4. The van der Waals surface area contributed by atoms with Gasteiger partial charge in [0.05, 0.1) is 11.1 Å². The van der Waals surface area contributed by atoms with Crippen LogP contribution in [0.1, 0.15) is 45.4 Å². The molecule has 13 heteroatoms. The number of carbonyl (C=O) groups excluding carboxylic acids is 1. The second-order valence-corrected chi connectivity index (χ2v) is 8.07. The fourth-order valence-corrected chi connectivity index (χ4v) is 3.71. The van der Waals surface area contributed by atoms with Crippen LogP contribution in [0.3, 0.4) is 0 Å². The van der Waals surface area contributed by atoms with E-state index in [0.717, 1.165) is 16.0 Å². The molecule has 0 spiro atoms. The number of nitrogens with zero attached hydrogens (tertiary/aromatic N) is 3. The van der Waals surface area contributed by atoms with Crippen LogP contribution >= 0.6 is 11.3 Å². The Morgan fingerprint density at radius 3 is 2.27 bits per heavy atom. The van der Waals surface area contributed by atoms with Crippen molar-refractivity contribution < 1.29 is 31.1 Å². The number of halogens is 6. The van der Waals surface area contributed by atoms with E-state index in [0.29, 0.717) is 30.0 Å². The van der Waals surface area contributed by atoms with Crippen LogP contribution in [0.2, 0.25) is 0 Å². The zero-order chi connectivity index (χ0) is 24.4. The Kier molecular flexibility index (Phi) is 6.91. The number of aromatic nitrogens is 3. The minimum atomic E-state index is -4.94. The number of hydrogen-bond donors (Lipinski definition) is 1. The molecule has 0 saturated heterocycles. The maximum atomic E-state index is 13.0.